The van der Waals surface area contributed by atoms with Crippen molar-refractivity contribution in [3.8, 4) is 0 Å². The number of hydrogen-bond acceptors (Lipinski definition) is 5. The van der Waals surface area contributed by atoms with Crippen LogP contribution in [0.1, 0.15) is 12.0 Å². The third-order valence-electron chi connectivity index (χ3n) is 3.79. The monoisotopic (exact) mass is 302 g/mol. The minimum absolute atomic E-state index is 0.0419. The van der Waals surface area contributed by atoms with Crippen LogP contribution in [0.15, 0.2) is 29.8 Å². The molecule has 1 aromatic carbocycles. The normalized spacial score (nSPS) is 13.9. The molecule has 0 spiro atoms. The molecular formula is C15H18N4OS. The number of likely N-dealkylation sites (N-methyl/N-ethyl adjacent to an activating group) is 1. The third kappa shape index (κ3) is 2.71. The maximum Gasteiger partial charge on any atom is 0.248 e. The standard InChI is InChI=1S/C15H18N4OS/c1-18(15-17-7-9-21-15)14(20)10-19-8-3-4-11-12(16)5-2-6-13(11)19/h2,5-7,9H,3-4,8,10,16H2,1H3. The average Bonchev–Trinajstić information content (AvgIpc) is 3.02. The first-order chi connectivity index (χ1) is 10.2. The van der Waals surface area contributed by atoms with Gasteiger partial charge in [0.2, 0.25) is 5.91 Å². The topological polar surface area (TPSA) is 62.5 Å². The van der Waals surface area contributed by atoms with Crippen molar-refractivity contribution in [2.45, 2.75) is 12.8 Å². The van der Waals surface area contributed by atoms with Crippen molar-refractivity contribution in [2.75, 3.05) is 35.7 Å². The Morgan fingerprint density at radius 3 is 3.14 bits per heavy atom. The van der Waals surface area contributed by atoms with Crippen molar-refractivity contribution in [3.05, 3.63) is 35.3 Å². The largest absolute Gasteiger partial charge is 0.398 e. The van der Waals surface area contributed by atoms with E-state index in [2.05, 4.69) is 9.88 Å². The number of anilines is 3. The van der Waals surface area contributed by atoms with Crippen molar-refractivity contribution in [2.24, 2.45) is 0 Å². The highest BCUT2D eigenvalue weighted by molar-refractivity contribution is 7.13. The average molecular weight is 302 g/mol. The fourth-order valence-corrected chi connectivity index (χ4v) is 3.27. The smallest absolute Gasteiger partial charge is 0.248 e. The predicted molar refractivity (Wildman–Crippen MR) is 86.9 cm³/mol. The Morgan fingerprint density at radius 2 is 2.38 bits per heavy atom. The molecule has 110 valence electrons. The van der Waals surface area contributed by atoms with E-state index in [4.69, 9.17) is 5.73 Å². The van der Waals surface area contributed by atoms with E-state index in [1.807, 2.05) is 23.6 Å². The Kier molecular flexibility index (Phi) is 3.79. The number of carbonyl (C=O) groups is 1. The second-order valence-corrected chi connectivity index (χ2v) is 6.01. The Hall–Kier alpha value is -2.08. The molecule has 2 aromatic rings. The van der Waals surface area contributed by atoms with E-state index in [1.165, 1.54) is 11.3 Å². The second-order valence-electron chi connectivity index (χ2n) is 5.14. The van der Waals surface area contributed by atoms with Gasteiger partial charge >= 0.3 is 0 Å². The number of benzene rings is 1. The highest BCUT2D eigenvalue weighted by Crippen LogP contribution is 2.31. The van der Waals surface area contributed by atoms with Gasteiger partial charge in [0.1, 0.15) is 0 Å². The molecule has 5 nitrogen and oxygen atoms in total. The van der Waals surface area contributed by atoms with Crippen LogP contribution in [0.25, 0.3) is 0 Å². The van der Waals surface area contributed by atoms with Crippen molar-refractivity contribution >= 4 is 33.8 Å². The number of carbonyl (C=O) groups excluding carboxylic acids is 1. The van der Waals surface area contributed by atoms with E-state index in [0.717, 1.165) is 41.5 Å². The highest BCUT2D eigenvalue weighted by atomic mass is 32.1. The first kappa shape index (κ1) is 13.9. The number of nitrogens with two attached hydrogens (primary N) is 1. The van der Waals surface area contributed by atoms with Crippen LogP contribution in [0.4, 0.5) is 16.5 Å². The molecular weight excluding hydrogens is 284 g/mol. The van der Waals surface area contributed by atoms with Gasteiger partial charge in [-0.1, -0.05) is 6.07 Å². The Bertz CT molecular complexity index is 641. The summed E-state index contributed by atoms with van der Waals surface area (Å²) in [5.41, 5.74) is 9.10. The molecule has 2 heterocycles. The Labute approximate surface area is 128 Å². The number of thiazole rings is 1. The predicted octanol–water partition coefficient (Wildman–Crippen LogP) is 2.14. The summed E-state index contributed by atoms with van der Waals surface area (Å²) in [4.78, 5) is 20.3. The van der Waals surface area contributed by atoms with Gasteiger partial charge in [-0.05, 0) is 30.5 Å². The molecule has 2 N–H and O–H groups in total. The van der Waals surface area contributed by atoms with Gasteiger partial charge in [-0.25, -0.2) is 4.98 Å². The lowest BCUT2D eigenvalue weighted by Crippen LogP contribution is -2.40. The molecule has 0 radical (unpaired) electrons. The van der Waals surface area contributed by atoms with Crippen LogP contribution >= 0.6 is 11.3 Å². The quantitative estimate of drug-likeness (QED) is 0.882. The molecule has 3 rings (SSSR count). The van der Waals surface area contributed by atoms with Gasteiger partial charge in [0.05, 0.1) is 6.54 Å². The molecule has 21 heavy (non-hydrogen) atoms. The molecule has 0 aliphatic carbocycles. The van der Waals surface area contributed by atoms with E-state index in [1.54, 1.807) is 18.1 Å². The van der Waals surface area contributed by atoms with Gasteiger partial charge in [0, 0.05) is 36.5 Å². The van der Waals surface area contributed by atoms with Crippen molar-refractivity contribution in [1.29, 1.82) is 0 Å². The summed E-state index contributed by atoms with van der Waals surface area (Å²) in [5, 5.41) is 2.60. The van der Waals surface area contributed by atoms with Crippen molar-refractivity contribution in [1.82, 2.24) is 4.98 Å². The number of nitrogens with zero attached hydrogens (tertiary/aromatic N) is 3. The highest BCUT2D eigenvalue weighted by Gasteiger charge is 2.22. The van der Waals surface area contributed by atoms with Gasteiger partial charge in [-0.3, -0.25) is 9.69 Å². The number of fused-ring (bicyclic) bond motifs is 1. The molecule has 0 saturated carbocycles. The summed E-state index contributed by atoms with van der Waals surface area (Å²) in [6.45, 7) is 1.24. The second kappa shape index (κ2) is 5.73. The van der Waals surface area contributed by atoms with Crippen molar-refractivity contribution in [3.63, 3.8) is 0 Å². The summed E-state index contributed by atoms with van der Waals surface area (Å²) < 4.78 is 0. The molecule has 0 bridgehead atoms. The van der Waals surface area contributed by atoms with Crippen LogP contribution in [0.3, 0.4) is 0 Å². The van der Waals surface area contributed by atoms with E-state index in [9.17, 15) is 4.79 Å². The summed E-state index contributed by atoms with van der Waals surface area (Å²) in [7, 11) is 1.77. The molecule has 1 amide bonds. The number of amides is 1. The summed E-state index contributed by atoms with van der Waals surface area (Å²) in [6, 6.07) is 5.91. The molecule has 0 unspecified atom stereocenters. The van der Waals surface area contributed by atoms with Gasteiger partial charge < -0.3 is 10.6 Å². The number of nitrogen functional groups attached to an aromatic ring is 1. The molecule has 1 aliphatic rings. The lowest BCUT2D eigenvalue weighted by atomic mass is 10.00. The lowest BCUT2D eigenvalue weighted by Gasteiger charge is -2.32. The maximum absolute atomic E-state index is 12.4. The van der Waals surface area contributed by atoms with E-state index in [0.29, 0.717) is 6.54 Å². The summed E-state index contributed by atoms with van der Waals surface area (Å²) >= 11 is 1.46. The molecule has 1 aromatic heterocycles. The molecule has 0 saturated heterocycles. The fraction of sp³-hybridized carbons (Fsp3) is 0.333. The van der Waals surface area contributed by atoms with Gasteiger partial charge in [0.15, 0.2) is 5.13 Å². The van der Waals surface area contributed by atoms with Gasteiger partial charge in [-0.15, -0.1) is 11.3 Å². The van der Waals surface area contributed by atoms with Crippen molar-refractivity contribution < 1.29 is 4.79 Å². The molecule has 0 fully saturated rings. The van der Waals surface area contributed by atoms with Crippen LogP contribution < -0.4 is 15.5 Å². The first-order valence-electron chi connectivity index (χ1n) is 6.95. The number of hydrogen-bond donors (Lipinski definition) is 1. The summed E-state index contributed by atoms with van der Waals surface area (Å²) in [5.74, 6) is 0.0419. The van der Waals surface area contributed by atoms with Crippen LogP contribution in [0.5, 0.6) is 0 Å². The zero-order valence-electron chi connectivity index (χ0n) is 12.0. The minimum atomic E-state index is 0.0419. The SMILES string of the molecule is CN(C(=O)CN1CCCc2c(N)cccc21)c1nccs1. The number of rotatable bonds is 3. The fourth-order valence-electron chi connectivity index (χ4n) is 2.65. The van der Waals surface area contributed by atoms with E-state index < -0.39 is 0 Å². The maximum atomic E-state index is 12.4. The zero-order valence-corrected chi connectivity index (χ0v) is 12.8. The van der Waals surface area contributed by atoms with Crippen LogP contribution in [0, 0.1) is 0 Å². The van der Waals surface area contributed by atoms with Crippen LogP contribution in [-0.2, 0) is 11.2 Å². The third-order valence-corrected chi connectivity index (χ3v) is 4.64. The number of aromatic nitrogens is 1. The van der Waals surface area contributed by atoms with Crippen LogP contribution in [-0.4, -0.2) is 31.0 Å². The zero-order chi connectivity index (χ0) is 14.8. The molecule has 1 aliphatic heterocycles. The lowest BCUT2D eigenvalue weighted by molar-refractivity contribution is -0.117. The molecule has 6 heteroatoms. The first-order valence-corrected chi connectivity index (χ1v) is 7.83. The Morgan fingerprint density at radius 1 is 1.52 bits per heavy atom. The van der Waals surface area contributed by atoms with Gasteiger partial charge in [-0.2, -0.15) is 0 Å². The van der Waals surface area contributed by atoms with Crippen LogP contribution in [0.2, 0.25) is 0 Å². The summed E-state index contributed by atoms with van der Waals surface area (Å²) in [6.07, 6.45) is 3.71. The minimum Gasteiger partial charge on any atom is -0.398 e. The van der Waals surface area contributed by atoms with E-state index >= 15 is 0 Å². The molecule has 0 atom stereocenters. The van der Waals surface area contributed by atoms with E-state index in [-0.39, 0.29) is 5.91 Å². The Balaban J connectivity index is 1.78. The van der Waals surface area contributed by atoms with Gasteiger partial charge in [0.25, 0.3) is 0 Å².